The van der Waals surface area contributed by atoms with Crippen molar-refractivity contribution in [2.45, 2.75) is 26.0 Å². The molecule has 9 heteroatoms. The minimum atomic E-state index is -0.593. The van der Waals surface area contributed by atoms with E-state index >= 15 is 0 Å². The van der Waals surface area contributed by atoms with Crippen molar-refractivity contribution in [2.24, 2.45) is 0 Å². The molecule has 1 atom stereocenters. The van der Waals surface area contributed by atoms with Crippen molar-refractivity contribution in [1.82, 2.24) is 19.7 Å². The van der Waals surface area contributed by atoms with E-state index in [1.165, 1.54) is 16.4 Å². The number of carbonyl (C=O) groups excluding carboxylic acids is 1. The van der Waals surface area contributed by atoms with Gasteiger partial charge in [0.25, 0.3) is 5.95 Å². The Morgan fingerprint density at radius 1 is 1.14 bits per heavy atom. The normalized spacial score (nSPS) is 16.5. The van der Waals surface area contributed by atoms with Gasteiger partial charge in [-0.05, 0) is 45.0 Å². The first kappa shape index (κ1) is 18.5. The Kier molecular flexibility index (Phi) is 4.62. The third kappa shape index (κ3) is 3.26. The van der Waals surface area contributed by atoms with Crippen molar-refractivity contribution in [3.05, 3.63) is 64.1 Å². The minimum absolute atomic E-state index is 0.0996. The number of benzene rings is 1. The van der Waals surface area contributed by atoms with E-state index in [-0.39, 0.29) is 17.2 Å². The summed E-state index contributed by atoms with van der Waals surface area (Å²) >= 11 is 1.23. The van der Waals surface area contributed by atoms with Crippen LogP contribution >= 0.6 is 11.8 Å². The Balaban J connectivity index is 1.94. The fourth-order valence-corrected chi connectivity index (χ4v) is 4.49. The number of fused-ring (bicyclic) bond motifs is 1. The first-order valence-electron chi connectivity index (χ1n) is 8.62. The van der Waals surface area contributed by atoms with Gasteiger partial charge in [-0.25, -0.2) is 18.7 Å². The Hall–Kier alpha value is -2.81. The standard InChI is InChI=1S/C19H17F2N5OS/c1-9-6-10(2)23-19(22-9)26-18-16(11(3)25-26)17(28-8-15(27)24-18)13-7-12(20)4-5-14(13)21/h4-7,17H,8H2,1-3H3,(H,24,27). The highest BCUT2D eigenvalue weighted by Crippen LogP contribution is 2.44. The molecule has 0 saturated heterocycles. The molecule has 1 N–H and O–H groups in total. The third-order valence-corrected chi connectivity index (χ3v) is 5.66. The lowest BCUT2D eigenvalue weighted by Crippen LogP contribution is -2.17. The molecule has 28 heavy (non-hydrogen) atoms. The van der Waals surface area contributed by atoms with Gasteiger partial charge in [0.05, 0.1) is 16.7 Å². The molecule has 2 aromatic heterocycles. The molecule has 6 nitrogen and oxygen atoms in total. The van der Waals surface area contributed by atoms with Gasteiger partial charge in [0, 0.05) is 22.5 Å². The number of rotatable bonds is 2. The van der Waals surface area contributed by atoms with Gasteiger partial charge in [0.15, 0.2) is 0 Å². The predicted octanol–water partition coefficient (Wildman–Crippen LogP) is 3.64. The summed E-state index contributed by atoms with van der Waals surface area (Å²) in [5.74, 6) is -0.531. The van der Waals surface area contributed by atoms with Crippen LogP contribution in [0.2, 0.25) is 0 Å². The van der Waals surface area contributed by atoms with Crippen molar-refractivity contribution in [3.63, 3.8) is 0 Å². The van der Waals surface area contributed by atoms with E-state index in [0.717, 1.165) is 29.6 Å². The number of anilines is 1. The monoisotopic (exact) mass is 401 g/mol. The molecular formula is C19H17F2N5OS. The summed E-state index contributed by atoms with van der Waals surface area (Å²) in [5, 5.41) is 6.73. The maximum absolute atomic E-state index is 14.5. The molecule has 0 spiro atoms. The topological polar surface area (TPSA) is 72.7 Å². The maximum Gasteiger partial charge on any atom is 0.252 e. The van der Waals surface area contributed by atoms with E-state index in [4.69, 9.17) is 0 Å². The average Bonchev–Trinajstić information content (AvgIpc) is 2.83. The molecule has 1 unspecified atom stereocenters. The van der Waals surface area contributed by atoms with E-state index in [1.54, 1.807) is 6.92 Å². The Morgan fingerprint density at radius 3 is 2.57 bits per heavy atom. The van der Waals surface area contributed by atoms with Crippen molar-refractivity contribution in [1.29, 1.82) is 0 Å². The maximum atomic E-state index is 14.5. The highest BCUT2D eigenvalue weighted by Gasteiger charge is 2.32. The Morgan fingerprint density at radius 2 is 1.86 bits per heavy atom. The van der Waals surface area contributed by atoms with E-state index in [2.05, 4.69) is 20.4 Å². The van der Waals surface area contributed by atoms with Gasteiger partial charge in [0.1, 0.15) is 17.5 Å². The molecule has 1 aliphatic rings. The molecule has 1 aliphatic heterocycles. The van der Waals surface area contributed by atoms with E-state index in [0.29, 0.717) is 23.0 Å². The number of aryl methyl sites for hydroxylation is 3. The molecule has 0 aliphatic carbocycles. The number of nitrogens with zero attached hydrogens (tertiary/aromatic N) is 4. The fourth-order valence-electron chi connectivity index (χ4n) is 3.29. The zero-order valence-electron chi connectivity index (χ0n) is 15.5. The fraction of sp³-hybridized carbons (Fsp3) is 0.263. The summed E-state index contributed by atoms with van der Waals surface area (Å²) < 4.78 is 29.8. The molecule has 4 rings (SSSR count). The van der Waals surface area contributed by atoms with Gasteiger partial charge in [-0.2, -0.15) is 9.78 Å². The van der Waals surface area contributed by atoms with Gasteiger partial charge in [-0.1, -0.05) is 0 Å². The van der Waals surface area contributed by atoms with Gasteiger partial charge in [0.2, 0.25) is 5.91 Å². The van der Waals surface area contributed by atoms with Crippen molar-refractivity contribution in [3.8, 4) is 5.95 Å². The van der Waals surface area contributed by atoms with Crippen LogP contribution in [0.15, 0.2) is 24.3 Å². The van der Waals surface area contributed by atoms with Gasteiger partial charge in [-0.15, -0.1) is 11.8 Å². The molecule has 1 aromatic carbocycles. The number of halogens is 2. The number of carbonyl (C=O) groups is 1. The number of thioether (sulfide) groups is 1. The van der Waals surface area contributed by atoms with Crippen LogP contribution in [0.5, 0.6) is 0 Å². The summed E-state index contributed by atoms with van der Waals surface area (Å²) in [6.07, 6.45) is 0. The third-order valence-electron chi connectivity index (χ3n) is 4.41. The quantitative estimate of drug-likeness (QED) is 0.710. The molecule has 0 fully saturated rings. The van der Waals surface area contributed by atoms with Crippen LogP contribution in [0, 0.1) is 32.4 Å². The zero-order chi connectivity index (χ0) is 20.0. The molecule has 0 radical (unpaired) electrons. The van der Waals surface area contributed by atoms with E-state index in [1.807, 2.05) is 19.9 Å². The lowest BCUT2D eigenvalue weighted by molar-refractivity contribution is -0.113. The molecule has 0 bridgehead atoms. The highest BCUT2D eigenvalue weighted by molar-refractivity contribution is 8.00. The molecule has 144 valence electrons. The van der Waals surface area contributed by atoms with Crippen LogP contribution in [-0.2, 0) is 4.79 Å². The summed E-state index contributed by atoms with van der Waals surface area (Å²) in [6.45, 7) is 5.44. The zero-order valence-corrected chi connectivity index (χ0v) is 16.3. The minimum Gasteiger partial charge on any atom is -0.309 e. The number of nitrogens with one attached hydrogen (secondary N) is 1. The summed E-state index contributed by atoms with van der Waals surface area (Å²) in [6, 6.07) is 5.16. The summed E-state index contributed by atoms with van der Waals surface area (Å²) in [7, 11) is 0. The van der Waals surface area contributed by atoms with Crippen molar-refractivity contribution < 1.29 is 13.6 Å². The molecular weight excluding hydrogens is 384 g/mol. The lowest BCUT2D eigenvalue weighted by atomic mass is 10.0. The molecule has 0 saturated carbocycles. The highest BCUT2D eigenvalue weighted by atomic mass is 32.2. The first-order chi connectivity index (χ1) is 13.3. The summed E-state index contributed by atoms with van der Waals surface area (Å²) in [5.41, 5.74) is 2.88. The predicted molar refractivity (Wildman–Crippen MR) is 103 cm³/mol. The smallest absolute Gasteiger partial charge is 0.252 e. The lowest BCUT2D eigenvalue weighted by Gasteiger charge is -2.16. The van der Waals surface area contributed by atoms with Crippen molar-refractivity contribution >= 4 is 23.5 Å². The van der Waals surface area contributed by atoms with Crippen LogP contribution < -0.4 is 5.32 Å². The Labute approximate surface area is 164 Å². The Bertz CT molecular complexity index is 1080. The van der Waals surface area contributed by atoms with Crippen LogP contribution in [0.3, 0.4) is 0 Å². The van der Waals surface area contributed by atoms with Crippen LogP contribution in [0.4, 0.5) is 14.6 Å². The first-order valence-corrected chi connectivity index (χ1v) is 9.67. The second-order valence-corrected chi connectivity index (χ2v) is 7.71. The molecule has 1 amide bonds. The van der Waals surface area contributed by atoms with Crippen LogP contribution in [0.25, 0.3) is 5.95 Å². The van der Waals surface area contributed by atoms with Crippen molar-refractivity contribution in [2.75, 3.05) is 11.1 Å². The summed E-state index contributed by atoms with van der Waals surface area (Å²) in [4.78, 5) is 21.1. The number of hydrogen-bond donors (Lipinski definition) is 1. The number of amides is 1. The molecule has 3 heterocycles. The molecule has 3 aromatic rings. The van der Waals surface area contributed by atoms with Crippen LogP contribution in [-0.4, -0.2) is 31.4 Å². The average molecular weight is 401 g/mol. The van der Waals surface area contributed by atoms with E-state index < -0.39 is 16.9 Å². The second kappa shape index (κ2) is 6.97. The van der Waals surface area contributed by atoms with Gasteiger partial charge < -0.3 is 5.32 Å². The van der Waals surface area contributed by atoms with Gasteiger partial charge >= 0.3 is 0 Å². The van der Waals surface area contributed by atoms with E-state index in [9.17, 15) is 13.6 Å². The van der Waals surface area contributed by atoms with Gasteiger partial charge in [-0.3, -0.25) is 4.79 Å². The number of hydrogen-bond acceptors (Lipinski definition) is 5. The van der Waals surface area contributed by atoms with Crippen LogP contribution in [0.1, 0.15) is 33.5 Å². The second-order valence-electron chi connectivity index (χ2n) is 6.62. The number of aromatic nitrogens is 4. The largest absolute Gasteiger partial charge is 0.309 e. The SMILES string of the molecule is Cc1cc(C)nc(-n2nc(C)c3c2NC(=O)CSC3c2cc(F)ccc2F)n1.